The van der Waals surface area contributed by atoms with E-state index in [2.05, 4.69) is 35.9 Å². The van der Waals surface area contributed by atoms with E-state index in [-0.39, 0.29) is 6.61 Å². The zero-order chi connectivity index (χ0) is 13.0. The molecule has 3 nitrogen and oxygen atoms in total. The molecule has 100 valence electrons. The number of likely N-dealkylation sites (tertiary alicyclic amines) is 1. The minimum absolute atomic E-state index is 0.121. The fourth-order valence-electron chi connectivity index (χ4n) is 2.80. The third kappa shape index (κ3) is 3.03. The van der Waals surface area contributed by atoms with Crippen LogP contribution in [0.15, 0.2) is 24.3 Å². The van der Waals surface area contributed by atoms with E-state index in [1.54, 1.807) is 0 Å². The van der Waals surface area contributed by atoms with E-state index in [0.717, 1.165) is 18.7 Å². The number of hydrogen-bond acceptors (Lipinski definition) is 3. The highest BCUT2D eigenvalue weighted by Crippen LogP contribution is 2.20. The summed E-state index contributed by atoms with van der Waals surface area (Å²) in [5, 5.41) is 9.04. The van der Waals surface area contributed by atoms with Gasteiger partial charge in [0.25, 0.3) is 0 Å². The van der Waals surface area contributed by atoms with Gasteiger partial charge in [0.05, 0.1) is 6.61 Å². The van der Waals surface area contributed by atoms with Gasteiger partial charge in [-0.15, -0.1) is 0 Å². The first-order valence-corrected chi connectivity index (χ1v) is 6.89. The molecule has 0 spiro atoms. The van der Waals surface area contributed by atoms with Crippen LogP contribution in [-0.2, 0) is 6.61 Å². The van der Waals surface area contributed by atoms with Crippen molar-refractivity contribution in [1.29, 1.82) is 0 Å². The summed E-state index contributed by atoms with van der Waals surface area (Å²) in [4.78, 5) is 4.89. The number of benzene rings is 1. The first-order valence-electron chi connectivity index (χ1n) is 6.89. The third-order valence-electron chi connectivity index (χ3n) is 3.95. The van der Waals surface area contributed by atoms with Crippen molar-refractivity contribution in [3.63, 3.8) is 0 Å². The van der Waals surface area contributed by atoms with Crippen molar-refractivity contribution in [2.24, 2.45) is 0 Å². The van der Waals surface area contributed by atoms with Crippen molar-refractivity contribution >= 4 is 5.69 Å². The van der Waals surface area contributed by atoms with Crippen molar-refractivity contribution in [2.45, 2.75) is 32.4 Å². The van der Waals surface area contributed by atoms with Crippen LogP contribution in [-0.4, -0.2) is 42.7 Å². The highest BCUT2D eigenvalue weighted by molar-refractivity contribution is 5.47. The van der Waals surface area contributed by atoms with E-state index in [4.69, 9.17) is 5.11 Å². The molecule has 1 atom stereocenters. The van der Waals surface area contributed by atoms with Gasteiger partial charge in [0, 0.05) is 25.3 Å². The van der Waals surface area contributed by atoms with Crippen LogP contribution in [0.25, 0.3) is 0 Å². The maximum atomic E-state index is 9.04. The zero-order valence-electron chi connectivity index (χ0n) is 11.5. The summed E-state index contributed by atoms with van der Waals surface area (Å²) < 4.78 is 0. The van der Waals surface area contributed by atoms with Gasteiger partial charge in [0.1, 0.15) is 0 Å². The SMILES string of the molecule is CCN1CCCC1CN(C)c1ccc(CO)cc1. The largest absolute Gasteiger partial charge is 0.392 e. The molecule has 1 aliphatic rings. The van der Waals surface area contributed by atoms with Crippen LogP contribution in [0, 0.1) is 0 Å². The Kier molecular flexibility index (Phi) is 4.61. The molecule has 0 amide bonds. The number of likely N-dealkylation sites (N-methyl/N-ethyl adjacent to an activating group) is 2. The summed E-state index contributed by atoms with van der Waals surface area (Å²) >= 11 is 0. The fraction of sp³-hybridized carbons (Fsp3) is 0.600. The van der Waals surface area contributed by atoms with Crippen LogP contribution in [0.5, 0.6) is 0 Å². The molecule has 1 aliphatic heterocycles. The van der Waals surface area contributed by atoms with Gasteiger partial charge in [0.15, 0.2) is 0 Å². The second-order valence-corrected chi connectivity index (χ2v) is 5.13. The summed E-state index contributed by atoms with van der Waals surface area (Å²) in [7, 11) is 2.15. The number of hydrogen-bond donors (Lipinski definition) is 1. The van der Waals surface area contributed by atoms with Crippen molar-refractivity contribution < 1.29 is 5.11 Å². The highest BCUT2D eigenvalue weighted by Gasteiger charge is 2.23. The maximum Gasteiger partial charge on any atom is 0.0681 e. The Morgan fingerprint density at radius 2 is 2.06 bits per heavy atom. The predicted octanol–water partition coefficient (Wildman–Crippen LogP) is 2.10. The van der Waals surface area contributed by atoms with E-state index in [1.807, 2.05) is 12.1 Å². The first-order chi connectivity index (χ1) is 8.74. The topological polar surface area (TPSA) is 26.7 Å². The van der Waals surface area contributed by atoms with Crippen molar-refractivity contribution in [3.8, 4) is 0 Å². The number of rotatable bonds is 5. The van der Waals surface area contributed by atoms with Gasteiger partial charge >= 0.3 is 0 Å². The lowest BCUT2D eigenvalue weighted by Gasteiger charge is -2.29. The summed E-state index contributed by atoms with van der Waals surface area (Å²) in [5.74, 6) is 0. The lowest BCUT2D eigenvalue weighted by molar-refractivity contribution is 0.270. The van der Waals surface area contributed by atoms with Gasteiger partial charge in [0.2, 0.25) is 0 Å². The Bertz CT molecular complexity index is 363. The molecule has 1 aromatic carbocycles. The fourth-order valence-corrected chi connectivity index (χ4v) is 2.80. The van der Waals surface area contributed by atoms with E-state index < -0.39 is 0 Å². The molecule has 0 aromatic heterocycles. The molecule has 0 radical (unpaired) electrons. The second-order valence-electron chi connectivity index (χ2n) is 5.13. The summed E-state index contributed by atoms with van der Waals surface area (Å²) in [6.07, 6.45) is 2.64. The van der Waals surface area contributed by atoms with E-state index in [0.29, 0.717) is 6.04 Å². The van der Waals surface area contributed by atoms with Gasteiger partial charge in [-0.25, -0.2) is 0 Å². The van der Waals surface area contributed by atoms with Crippen LogP contribution < -0.4 is 4.90 Å². The smallest absolute Gasteiger partial charge is 0.0681 e. The average Bonchev–Trinajstić information content (AvgIpc) is 2.86. The molecule has 1 heterocycles. The monoisotopic (exact) mass is 248 g/mol. The van der Waals surface area contributed by atoms with Gasteiger partial charge in [-0.2, -0.15) is 0 Å². The molecular formula is C15H24N2O. The van der Waals surface area contributed by atoms with Crippen molar-refractivity contribution in [1.82, 2.24) is 4.90 Å². The van der Waals surface area contributed by atoms with Gasteiger partial charge in [-0.3, -0.25) is 4.90 Å². The van der Waals surface area contributed by atoms with Crippen LogP contribution in [0.3, 0.4) is 0 Å². The zero-order valence-corrected chi connectivity index (χ0v) is 11.5. The normalized spacial score (nSPS) is 20.3. The standard InChI is InChI=1S/C15H24N2O/c1-3-17-10-4-5-15(17)11-16(2)14-8-6-13(12-18)7-9-14/h6-9,15,18H,3-5,10-12H2,1-2H3. The average molecular weight is 248 g/mol. The number of aliphatic hydroxyl groups excluding tert-OH is 1. The molecule has 0 aliphatic carbocycles. The summed E-state index contributed by atoms with van der Waals surface area (Å²) in [5.41, 5.74) is 2.21. The molecule has 3 heteroatoms. The van der Waals surface area contributed by atoms with Crippen LogP contribution in [0.1, 0.15) is 25.3 Å². The predicted molar refractivity (Wildman–Crippen MR) is 75.9 cm³/mol. The highest BCUT2D eigenvalue weighted by atomic mass is 16.3. The lowest BCUT2D eigenvalue weighted by atomic mass is 10.1. The number of anilines is 1. The van der Waals surface area contributed by atoms with Crippen molar-refractivity contribution in [3.05, 3.63) is 29.8 Å². The summed E-state index contributed by atoms with van der Waals surface area (Å²) in [6, 6.07) is 8.88. The quantitative estimate of drug-likeness (QED) is 0.864. The lowest BCUT2D eigenvalue weighted by Crippen LogP contribution is -2.38. The van der Waals surface area contributed by atoms with Gasteiger partial charge < -0.3 is 10.0 Å². The van der Waals surface area contributed by atoms with Gasteiger partial charge in [-0.05, 0) is 43.6 Å². The molecular weight excluding hydrogens is 224 g/mol. The molecule has 1 fully saturated rings. The minimum Gasteiger partial charge on any atom is -0.392 e. The number of nitrogens with zero attached hydrogens (tertiary/aromatic N) is 2. The molecule has 1 unspecified atom stereocenters. The van der Waals surface area contributed by atoms with E-state index in [9.17, 15) is 0 Å². The molecule has 1 N–H and O–H groups in total. The second kappa shape index (κ2) is 6.21. The van der Waals surface area contributed by atoms with Crippen LogP contribution in [0.4, 0.5) is 5.69 Å². The molecule has 18 heavy (non-hydrogen) atoms. The summed E-state index contributed by atoms with van der Waals surface area (Å²) in [6.45, 7) is 5.86. The third-order valence-corrected chi connectivity index (χ3v) is 3.95. The Morgan fingerprint density at radius 3 is 2.67 bits per heavy atom. The molecule has 2 rings (SSSR count). The van der Waals surface area contributed by atoms with Crippen LogP contribution in [0.2, 0.25) is 0 Å². The maximum absolute atomic E-state index is 9.04. The Hall–Kier alpha value is -1.06. The van der Waals surface area contributed by atoms with Crippen LogP contribution >= 0.6 is 0 Å². The van der Waals surface area contributed by atoms with Crippen molar-refractivity contribution in [2.75, 3.05) is 31.6 Å². The molecule has 1 saturated heterocycles. The van der Waals surface area contributed by atoms with E-state index in [1.165, 1.54) is 25.1 Å². The molecule has 0 saturated carbocycles. The first kappa shape index (κ1) is 13.4. The number of aliphatic hydroxyl groups is 1. The van der Waals surface area contributed by atoms with Gasteiger partial charge in [-0.1, -0.05) is 19.1 Å². The Balaban J connectivity index is 1.95. The molecule has 1 aromatic rings. The Morgan fingerprint density at radius 1 is 1.33 bits per heavy atom. The molecule has 0 bridgehead atoms. The Labute approximate surface area is 110 Å². The minimum atomic E-state index is 0.121. The van der Waals surface area contributed by atoms with E-state index >= 15 is 0 Å².